The summed E-state index contributed by atoms with van der Waals surface area (Å²) in [7, 11) is 1.81. The van der Waals surface area contributed by atoms with Crippen molar-refractivity contribution in [3.63, 3.8) is 0 Å². The van der Waals surface area contributed by atoms with Crippen molar-refractivity contribution in [2.75, 3.05) is 13.6 Å². The van der Waals surface area contributed by atoms with Crippen molar-refractivity contribution in [3.05, 3.63) is 33.3 Å². The van der Waals surface area contributed by atoms with E-state index in [1.165, 1.54) is 0 Å². The van der Waals surface area contributed by atoms with Crippen LogP contribution in [0.2, 0.25) is 5.02 Å². The van der Waals surface area contributed by atoms with Crippen molar-refractivity contribution in [2.24, 2.45) is 5.92 Å². The van der Waals surface area contributed by atoms with Crippen LogP contribution in [0.15, 0.2) is 22.7 Å². The Labute approximate surface area is 125 Å². The summed E-state index contributed by atoms with van der Waals surface area (Å²) in [4.78, 5) is 14.0. The second-order valence-electron chi connectivity index (χ2n) is 4.72. The van der Waals surface area contributed by atoms with Gasteiger partial charge in [-0.15, -0.1) is 11.6 Å². The number of hydrogen-bond donors (Lipinski definition) is 0. The van der Waals surface area contributed by atoms with E-state index < -0.39 is 0 Å². The molecule has 18 heavy (non-hydrogen) atoms. The van der Waals surface area contributed by atoms with Gasteiger partial charge in [0.15, 0.2) is 0 Å². The molecule has 0 saturated heterocycles. The van der Waals surface area contributed by atoms with Crippen LogP contribution in [-0.4, -0.2) is 29.8 Å². The summed E-state index contributed by atoms with van der Waals surface area (Å²) in [5, 5.41) is 0.756. The molecule has 1 aromatic rings. The van der Waals surface area contributed by atoms with Gasteiger partial charge in [-0.1, -0.05) is 17.7 Å². The van der Waals surface area contributed by atoms with E-state index in [1.807, 2.05) is 12.1 Å². The molecule has 2 rings (SSSR count). The smallest absolute Gasteiger partial charge is 0.255 e. The van der Waals surface area contributed by atoms with E-state index in [9.17, 15) is 4.79 Å². The molecular weight excluding hydrogens is 337 g/mol. The molecule has 1 fully saturated rings. The summed E-state index contributed by atoms with van der Waals surface area (Å²) in [5.41, 5.74) is 0.537. The Hall–Kier alpha value is -0.250. The van der Waals surface area contributed by atoms with Gasteiger partial charge >= 0.3 is 0 Å². The summed E-state index contributed by atoms with van der Waals surface area (Å²) in [6.45, 7) is 0.741. The average Bonchev–Trinajstić information content (AvgIpc) is 2.30. The van der Waals surface area contributed by atoms with E-state index in [4.69, 9.17) is 23.2 Å². The lowest BCUT2D eigenvalue weighted by Gasteiger charge is -2.34. The van der Waals surface area contributed by atoms with Crippen LogP contribution in [0.5, 0.6) is 0 Å². The lowest BCUT2D eigenvalue weighted by Crippen LogP contribution is -2.38. The van der Waals surface area contributed by atoms with E-state index in [0.29, 0.717) is 16.5 Å². The number of alkyl halides is 1. The molecule has 2 nitrogen and oxygen atoms in total. The largest absolute Gasteiger partial charge is 0.341 e. The van der Waals surface area contributed by atoms with Gasteiger partial charge in [0.2, 0.25) is 0 Å². The number of carbonyl (C=O) groups is 1. The van der Waals surface area contributed by atoms with Crippen molar-refractivity contribution in [1.82, 2.24) is 4.90 Å². The highest BCUT2D eigenvalue weighted by Gasteiger charge is 2.29. The summed E-state index contributed by atoms with van der Waals surface area (Å²) in [6.07, 6.45) is 1.98. The fourth-order valence-corrected chi connectivity index (χ4v) is 3.23. The molecule has 0 radical (unpaired) electrons. The topological polar surface area (TPSA) is 20.3 Å². The number of halogens is 3. The Morgan fingerprint density at radius 3 is 2.78 bits per heavy atom. The highest BCUT2D eigenvalue weighted by atomic mass is 79.9. The molecule has 0 aliphatic heterocycles. The Balaban J connectivity index is 2.04. The molecule has 0 N–H and O–H groups in total. The van der Waals surface area contributed by atoms with Crippen molar-refractivity contribution in [2.45, 2.75) is 18.2 Å². The summed E-state index contributed by atoms with van der Waals surface area (Å²) in [5.74, 6) is 0.478. The van der Waals surface area contributed by atoms with Gasteiger partial charge < -0.3 is 4.90 Å². The fourth-order valence-electron chi connectivity index (χ4n) is 2.15. The first-order chi connectivity index (χ1) is 8.49. The number of carbonyl (C=O) groups excluding carboxylic acids is 1. The van der Waals surface area contributed by atoms with Gasteiger partial charge in [0, 0.05) is 23.4 Å². The molecule has 0 unspecified atom stereocenters. The van der Waals surface area contributed by atoms with E-state index in [2.05, 4.69) is 15.9 Å². The highest BCUT2D eigenvalue weighted by Crippen LogP contribution is 2.33. The number of nitrogens with zero attached hydrogens (tertiary/aromatic N) is 1. The van der Waals surface area contributed by atoms with Gasteiger partial charge in [0.05, 0.1) is 10.6 Å². The zero-order valence-corrected chi connectivity index (χ0v) is 13.1. The Bertz CT molecular complexity index is 460. The molecule has 0 aromatic heterocycles. The third kappa shape index (κ3) is 3.01. The minimum absolute atomic E-state index is 0.0423. The van der Waals surface area contributed by atoms with E-state index in [0.717, 1.165) is 23.9 Å². The molecule has 0 bridgehead atoms. The molecular formula is C13H14BrCl2NO. The fraction of sp³-hybridized carbons (Fsp3) is 0.462. The van der Waals surface area contributed by atoms with Gasteiger partial charge in [0.1, 0.15) is 0 Å². The first kappa shape index (κ1) is 14.2. The third-order valence-electron chi connectivity index (χ3n) is 3.24. The van der Waals surface area contributed by atoms with Gasteiger partial charge in [0.25, 0.3) is 5.91 Å². The molecule has 5 heteroatoms. The average molecular weight is 351 g/mol. The number of amides is 1. The predicted octanol–water partition coefficient (Wildman–Crippen LogP) is 4.19. The maximum atomic E-state index is 12.3. The van der Waals surface area contributed by atoms with Crippen molar-refractivity contribution in [3.8, 4) is 0 Å². The molecule has 1 aliphatic carbocycles. The lowest BCUT2D eigenvalue weighted by atomic mass is 9.84. The Morgan fingerprint density at radius 1 is 1.50 bits per heavy atom. The standard InChI is InChI=1S/C13H14BrCl2NO/c1-17(7-8-5-9(15)6-8)13(18)10-3-2-4-11(14)12(10)16/h2-4,8-9H,5-7H2,1H3. The second-order valence-corrected chi connectivity index (χ2v) is 6.57. The maximum Gasteiger partial charge on any atom is 0.255 e. The van der Waals surface area contributed by atoms with Gasteiger partial charge in [-0.3, -0.25) is 4.79 Å². The second kappa shape index (κ2) is 5.81. The van der Waals surface area contributed by atoms with Crippen LogP contribution in [0.1, 0.15) is 23.2 Å². The van der Waals surface area contributed by atoms with Crippen molar-refractivity contribution >= 4 is 45.0 Å². The number of hydrogen-bond acceptors (Lipinski definition) is 1. The van der Waals surface area contributed by atoms with Crippen LogP contribution < -0.4 is 0 Å². The van der Waals surface area contributed by atoms with E-state index in [-0.39, 0.29) is 11.3 Å². The first-order valence-corrected chi connectivity index (χ1v) is 7.43. The zero-order valence-electron chi connectivity index (χ0n) is 10.00. The van der Waals surface area contributed by atoms with Gasteiger partial charge in [-0.25, -0.2) is 0 Å². The summed E-state index contributed by atoms with van der Waals surface area (Å²) < 4.78 is 0.743. The van der Waals surface area contributed by atoms with E-state index in [1.54, 1.807) is 18.0 Å². The van der Waals surface area contributed by atoms with Crippen LogP contribution in [0, 0.1) is 5.92 Å². The molecule has 0 heterocycles. The normalized spacial score (nSPS) is 22.4. The lowest BCUT2D eigenvalue weighted by molar-refractivity contribution is 0.0747. The highest BCUT2D eigenvalue weighted by molar-refractivity contribution is 9.10. The quantitative estimate of drug-likeness (QED) is 0.748. The van der Waals surface area contributed by atoms with Gasteiger partial charge in [-0.05, 0) is 46.8 Å². The molecule has 1 aromatic carbocycles. The van der Waals surface area contributed by atoms with Crippen LogP contribution in [0.4, 0.5) is 0 Å². The third-order valence-corrected chi connectivity index (χ3v) is 4.89. The predicted molar refractivity (Wildman–Crippen MR) is 78.5 cm³/mol. The Kier molecular flexibility index (Phi) is 4.57. The van der Waals surface area contributed by atoms with Crippen molar-refractivity contribution < 1.29 is 4.79 Å². The summed E-state index contributed by atoms with van der Waals surface area (Å²) >= 11 is 15.4. The summed E-state index contributed by atoms with van der Waals surface area (Å²) in [6, 6.07) is 5.38. The van der Waals surface area contributed by atoms with Crippen LogP contribution in [-0.2, 0) is 0 Å². The van der Waals surface area contributed by atoms with Crippen LogP contribution >= 0.6 is 39.1 Å². The number of rotatable bonds is 3. The molecule has 1 aliphatic rings. The molecule has 1 amide bonds. The van der Waals surface area contributed by atoms with Gasteiger partial charge in [-0.2, -0.15) is 0 Å². The number of benzene rings is 1. The minimum atomic E-state index is -0.0423. The molecule has 0 atom stereocenters. The van der Waals surface area contributed by atoms with E-state index >= 15 is 0 Å². The zero-order chi connectivity index (χ0) is 13.3. The Morgan fingerprint density at radius 2 is 2.17 bits per heavy atom. The van der Waals surface area contributed by atoms with Crippen LogP contribution in [0.3, 0.4) is 0 Å². The molecule has 0 spiro atoms. The SMILES string of the molecule is CN(CC1CC(Cl)C1)C(=O)c1cccc(Br)c1Cl. The first-order valence-electron chi connectivity index (χ1n) is 5.82. The van der Waals surface area contributed by atoms with Crippen molar-refractivity contribution in [1.29, 1.82) is 0 Å². The minimum Gasteiger partial charge on any atom is -0.341 e. The van der Waals surface area contributed by atoms with Crippen LogP contribution in [0.25, 0.3) is 0 Å². The maximum absolute atomic E-state index is 12.3. The monoisotopic (exact) mass is 349 g/mol. The molecule has 1 saturated carbocycles. The molecule has 98 valence electrons.